The van der Waals surface area contributed by atoms with Gasteiger partial charge in [-0.1, -0.05) is 18.7 Å². The van der Waals surface area contributed by atoms with E-state index in [9.17, 15) is 29.4 Å². The summed E-state index contributed by atoms with van der Waals surface area (Å²) >= 11 is 0. The van der Waals surface area contributed by atoms with Crippen LogP contribution in [-0.2, 0) is 19.1 Å². The number of ether oxygens (including phenoxy) is 2. The van der Waals surface area contributed by atoms with E-state index in [1.54, 1.807) is 27.1 Å². The number of carboxylic acid groups (broad SMARTS) is 1. The van der Waals surface area contributed by atoms with Crippen molar-refractivity contribution >= 4 is 24.1 Å². The smallest absolute Gasteiger partial charge is 0.410 e. The van der Waals surface area contributed by atoms with Gasteiger partial charge in [0.25, 0.3) is 0 Å². The number of β-lactam (4-membered cyclic amide) rings is 1. The Kier molecular flexibility index (Phi) is 7.35. The molecule has 3 aliphatic heterocycles. The van der Waals surface area contributed by atoms with Crippen molar-refractivity contribution < 1.29 is 38.9 Å². The van der Waals surface area contributed by atoms with Crippen LogP contribution >= 0.6 is 0 Å². The van der Waals surface area contributed by atoms with Gasteiger partial charge < -0.3 is 29.5 Å². The number of hydrogen-bond donors (Lipinski definition) is 2. The number of likely N-dealkylation sites (tertiary alicyclic amines) is 1. The van der Waals surface area contributed by atoms with Crippen LogP contribution in [0.5, 0.6) is 0 Å². The quantitative estimate of drug-likeness (QED) is 0.414. The molecule has 0 radical (unpaired) electrons. The fraction of sp³-hybridized carbons (Fsp3) is 0.565. The number of aliphatic hydroxyl groups excluding tert-OH is 1. The maximum absolute atomic E-state index is 12.6. The molecule has 0 spiro atoms. The van der Waals surface area contributed by atoms with Crippen LogP contribution in [0.2, 0.25) is 0 Å². The Balaban J connectivity index is 1.87. The van der Waals surface area contributed by atoms with Crippen molar-refractivity contribution in [1.82, 2.24) is 14.7 Å². The number of carbonyl (C=O) groups excluding carboxylic acids is 3. The Morgan fingerprint density at radius 2 is 2.00 bits per heavy atom. The van der Waals surface area contributed by atoms with Crippen LogP contribution in [0.1, 0.15) is 26.7 Å². The SMILES string of the molecule is C=CCOC(=O)N1C[C@H](OC(=O)N(C)C)C[C@H]1C=C(C)C1=C(C(=O)O)N2C(=O)[C@H]([C@@H](C)O)[C@H]2C1. The number of aliphatic hydroxyl groups is 1. The van der Waals surface area contributed by atoms with E-state index in [1.807, 2.05) is 0 Å². The second-order valence-electron chi connectivity index (χ2n) is 8.95. The highest BCUT2D eigenvalue weighted by atomic mass is 16.6. The molecule has 11 heteroatoms. The summed E-state index contributed by atoms with van der Waals surface area (Å²) in [7, 11) is 3.11. The molecule has 0 aromatic carbocycles. The van der Waals surface area contributed by atoms with Crippen molar-refractivity contribution in [2.75, 3.05) is 27.2 Å². The highest BCUT2D eigenvalue weighted by Gasteiger charge is 2.56. The molecule has 34 heavy (non-hydrogen) atoms. The second kappa shape index (κ2) is 9.88. The first-order valence-corrected chi connectivity index (χ1v) is 11.1. The molecule has 2 fully saturated rings. The molecular formula is C23H31N3O8. The molecule has 0 aromatic rings. The number of carboxylic acids is 1. The Bertz CT molecular complexity index is 954. The minimum atomic E-state index is -1.23. The lowest BCUT2D eigenvalue weighted by Crippen LogP contribution is -2.61. The van der Waals surface area contributed by atoms with Crippen LogP contribution in [-0.4, -0.2) is 101 Å². The first-order valence-electron chi connectivity index (χ1n) is 11.1. The lowest BCUT2D eigenvalue weighted by atomic mass is 9.82. The van der Waals surface area contributed by atoms with Crippen molar-refractivity contribution in [3.63, 3.8) is 0 Å². The maximum Gasteiger partial charge on any atom is 0.410 e. The number of aliphatic carboxylic acids is 1. The number of carbonyl (C=O) groups is 4. The Hall–Kier alpha value is -3.34. The normalized spacial score (nSPS) is 27.2. The molecular weight excluding hydrogens is 446 g/mol. The molecule has 11 nitrogen and oxygen atoms in total. The average Bonchev–Trinajstić information content (AvgIpc) is 3.30. The zero-order chi connectivity index (χ0) is 25.3. The van der Waals surface area contributed by atoms with E-state index in [1.165, 1.54) is 27.7 Å². The van der Waals surface area contributed by atoms with Crippen molar-refractivity contribution in [3.05, 3.63) is 35.6 Å². The molecule has 0 aromatic heterocycles. The number of hydrogen-bond acceptors (Lipinski definition) is 7. The van der Waals surface area contributed by atoms with Crippen LogP contribution < -0.4 is 0 Å². The summed E-state index contributed by atoms with van der Waals surface area (Å²) in [4.78, 5) is 53.0. The topological polar surface area (TPSA) is 137 Å². The Labute approximate surface area is 197 Å². The fourth-order valence-corrected chi connectivity index (χ4v) is 4.75. The van der Waals surface area contributed by atoms with Gasteiger partial charge in [0, 0.05) is 20.5 Å². The van der Waals surface area contributed by atoms with Crippen LogP contribution in [0.4, 0.5) is 9.59 Å². The second-order valence-corrected chi connectivity index (χ2v) is 8.95. The molecule has 3 heterocycles. The summed E-state index contributed by atoms with van der Waals surface area (Å²) in [5.41, 5.74) is 0.965. The van der Waals surface area contributed by atoms with E-state index in [-0.39, 0.29) is 25.3 Å². The number of fused-ring (bicyclic) bond motifs is 1. The van der Waals surface area contributed by atoms with Gasteiger partial charge in [-0.3, -0.25) is 9.69 Å². The van der Waals surface area contributed by atoms with Gasteiger partial charge in [0.1, 0.15) is 18.4 Å². The summed E-state index contributed by atoms with van der Waals surface area (Å²) in [6.07, 6.45) is 1.17. The highest BCUT2D eigenvalue weighted by Crippen LogP contribution is 2.45. The molecule has 5 atom stereocenters. The summed E-state index contributed by atoms with van der Waals surface area (Å²) in [6, 6.07) is -0.931. The molecule has 3 amide bonds. The van der Waals surface area contributed by atoms with Crippen LogP contribution in [0, 0.1) is 5.92 Å². The zero-order valence-electron chi connectivity index (χ0n) is 19.8. The molecule has 2 N–H and O–H groups in total. The van der Waals surface area contributed by atoms with Crippen molar-refractivity contribution in [2.24, 2.45) is 5.92 Å². The summed E-state index contributed by atoms with van der Waals surface area (Å²) < 4.78 is 10.6. The third kappa shape index (κ3) is 4.65. The van der Waals surface area contributed by atoms with E-state index in [2.05, 4.69) is 6.58 Å². The first kappa shape index (κ1) is 25.3. The summed E-state index contributed by atoms with van der Waals surface area (Å²) in [5, 5.41) is 19.7. The number of amides is 3. The number of allylic oxidation sites excluding steroid dienone is 1. The molecule has 0 aliphatic carbocycles. The predicted octanol–water partition coefficient (Wildman–Crippen LogP) is 1.35. The summed E-state index contributed by atoms with van der Waals surface area (Å²) in [6.45, 7) is 6.90. The number of rotatable bonds is 7. The molecule has 0 unspecified atom stereocenters. The minimum Gasteiger partial charge on any atom is -0.477 e. The zero-order valence-corrected chi connectivity index (χ0v) is 19.8. The van der Waals surface area contributed by atoms with E-state index in [0.717, 1.165) is 0 Å². The molecule has 3 rings (SSSR count). The molecule has 2 saturated heterocycles. The van der Waals surface area contributed by atoms with Gasteiger partial charge in [-0.15, -0.1) is 0 Å². The molecule has 186 valence electrons. The van der Waals surface area contributed by atoms with E-state index >= 15 is 0 Å². The largest absolute Gasteiger partial charge is 0.477 e. The van der Waals surface area contributed by atoms with E-state index in [0.29, 0.717) is 17.6 Å². The fourth-order valence-electron chi connectivity index (χ4n) is 4.75. The van der Waals surface area contributed by atoms with Crippen molar-refractivity contribution in [3.8, 4) is 0 Å². The van der Waals surface area contributed by atoms with Crippen molar-refractivity contribution in [1.29, 1.82) is 0 Å². The first-order chi connectivity index (χ1) is 16.0. The van der Waals surface area contributed by atoms with Gasteiger partial charge in [-0.25, -0.2) is 14.4 Å². The highest BCUT2D eigenvalue weighted by molar-refractivity contribution is 6.00. The molecule has 0 saturated carbocycles. The third-order valence-corrected chi connectivity index (χ3v) is 6.35. The Morgan fingerprint density at radius 1 is 1.32 bits per heavy atom. The van der Waals surface area contributed by atoms with Gasteiger partial charge in [-0.2, -0.15) is 0 Å². The average molecular weight is 478 g/mol. The van der Waals surface area contributed by atoms with Crippen LogP contribution in [0.25, 0.3) is 0 Å². The van der Waals surface area contributed by atoms with Crippen LogP contribution in [0.15, 0.2) is 35.6 Å². The van der Waals surface area contributed by atoms with E-state index < -0.39 is 54.3 Å². The van der Waals surface area contributed by atoms with Crippen molar-refractivity contribution in [2.45, 2.75) is 51.0 Å². The maximum atomic E-state index is 12.6. The minimum absolute atomic E-state index is 0.0146. The standard InChI is InChI=1S/C23H31N3O8/c1-6-7-33-23(32)25-11-15(34-22(31)24(4)5)9-14(25)8-12(2)16-10-17-18(13(3)27)20(28)26(17)19(16)21(29)30/h6,8,13-15,17-18,27H,1,7,9-11H2,2-5H3,(H,29,30)/t13-,14-,15-,17-,18-/m1/s1. The molecule has 3 aliphatic rings. The van der Waals surface area contributed by atoms with Gasteiger partial charge in [0.15, 0.2) is 0 Å². The van der Waals surface area contributed by atoms with Crippen LogP contribution in [0.3, 0.4) is 0 Å². The monoisotopic (exact) mass is 477 g/mol. The number of nitrogens with zero attached hydrogens (tertiary/aromatic N) is 3. The predicted molar refractivity (Wildman–Crippen MR) is 119 cm³/mol. The van der Waals surface area contributed by atoms with Gasteiger partial charge in [-0.05, 0) is 31.4 Å². The molecule has 0 bridgehead atoms. The lowest BCUT2D eigenvalue weighted by Gasteiger charge is -2.44. The van der Waals surface area contributed by atoms with Gasteiger partial charge >= 0.3 is 18.2 Å². The third-order valence-electron chi connectivity index (χ3n) is 6.35. The lowest BCUT2D eigenvalue weighted by molar-refractivity contribution is -0.161. The van der Waals surface area contributed by atoms with Gasteiger partial charge in [0.05, 0.1) is 30.7 Å². The Morgan fingerprint density at radius 3 is 2.56 bits per heavy atom. The van der Waals surface area contributed by atoms with Gasteiger partial charge in [0.2, 0.25) is 5.91 Å². The van der Waals surface area contributed by atoms with E-state index in [4.69, 9.17) is 9.47 Å². The summed E-state index contributed by atoms with van der Waals surface area (Å²) in [5.74, 6) is -2.29.